The number of nitrogens with zero attached hydrogens (tertiary/aromatic N) is 2. The molecule has 1 aliphatic heterocycles. The van der Waals surface area contributed by atoms with E-state index < -0.39 is 0 Å². The molecule has 1 rings (SSSR count). The lowest BCUT2D eigenvalue weighted by atomic mass is 9.92. The second-order valence-electron chi connectivity index (χ2n) is 6.57. The first kappa shape index (κ1) is 20.5. The number of guanidine groups is 1. The standard InChI is InChI=1S/C15H29N3O2.HI/c1-15(2,3)8-9-17-14(16-4)18-10-6-12(7-11-18)13(19)20-5;/h12H,6-11H2,1-5H3,(H,16,17);1H. The molecule has 0 amide bonds. The van der Waals surface area contributed by atoms with Crippen LogP contribution in [0.15, 0.2) is 4.99 Å². The Morgan fingerprint density at radius 1 is 1.33 bits per heavy atom. The SMILES string of the molecule is CN=C(NCCC(C)(C)C)N1CCC(C(=O)OC)CC1.I. The summed E-state index contributed by atoms with van der Waals surface area (Å²) in [6, 6.07) is 0. The van der Waals surface area contributed by atoms with Crippen molar-refractivity contribution in [2.24, 2.45) is 16.3 Å². The van der Waals surface area contributed by atoms with Crippen LogP contribution in [0.1, 0.15) is 40.0 Å². The van der Waals surface area contributed by atoms with Crippen molar-refractivity contribution in [3.05, 3.63) is 0 Å². The fourth-order valence-corrected chi connectivity index (χ4v) is 2.38. The molecule has 0 aliphatic carbocycles. The van der Waals surface area contributed by atoms with Gasteiger partial charge in [-0.25, -0.2) is 0 Å². The highest BCUT2D eigenvalue weighted by molar-refractivity contribution is 14.0. The van der Waals surface area contributed by atoms with E-state index in [0.29, 0.717) is 5.41 Å². The Morgan fingerprint density at radius 2 is 1.90 bits per heavy atom. The fourth-order valence-electron chi connectivity index (χ4n) is 2.38. The first-order valence-electron chi connectivity index (χ1n) is 7.41. The van der Waals surface area contributed by atoms with Gasteiger partial charge in [-0.1, -0.05) is 20.8 Å². The van der Waals surface area contributed by atoms with E-state index in [9.17, 15) is 4.79 Å². The minimum absolute atomic E-state index is 0. The molecule has 0 aromatic heterocycles. The summed E-state index contributed by atoms with van der Waals surface area (Å²) in [6.45, 7) is 9.34. The van der Waals surface area contributed by atoms with Crippen molar-refractivity contribution < 1.29 is 9.53 Å². The van der Waals surface area contributed by atoms with Gasteiger partial charge in [-0.3, -0.25) is 9.79 Å². The minimum Gasteiger partial charge on any atom is -0.469 e. The van der Waals surface area contributed by atoms with Crippen molar-refractivity contribution in [1.82, 2.24) is 10.2 Å². The minimum atomic E-state index is -0.0830. The molecule has 0 unspecified atom stereocenters. The van der Waals surface area contributed by atoms with Crippen LogP contribution in [0.25, 0.3) is 0 Å². The van der Waals surface area contributed by atoms with Crippen molar-refractivity contribution in [1.29, 1.82) is 0 Å². The van der Waals surface area contributed by atoms with Crippen LogP contribution < -0.4 is 5.32 Å². The molecule has 6 heteroatoms. The molecular weight excluding hydrogens is 381 g/mol. The number of hydrogen-bond acceptors (Lipinski definition) is 3. The monoisotopic (exact) mass is 411 g/mol. The molecular formula is C15H30IN3O2. The molecule has 21 heavy (non-hydrogen) atoms. The maximum absolute atomic E-state index is 11.5. The summed E-state index contributed by atoms with van der Waals surface area (Å²) in [7, 11) is 3.27. The number of methoxy groups -OCH3 is 1. The maximum atomic E-state index is 11.5. The summed E-state index contributed by atoms with van der Waals surface area (Å²) >= 11 is 0. The van der Waals surface area contributed by atoms with E-state index >= 15 is 0 Å². The number of esters is 1. The van der Waals surface area contributed by atoms with E-state index in [1.807, 2.05) is 7.05 Å². The van der Waals surface area contributed by atoms with Gasteiger partial charge in [0.25, 0.3) is 0 Å². The summed E-state index contributed by atoms with van der Waals surface area (Å²) in [5.41, 5.74) is 0.323. The number of halogens is 1. The Labute approximate surface area is 145 Å². The number of carbonyl (C=O) groups excluding carboxylic acids is 1. The number of likely N-dealkylation sites (tertiary alicyclic amines) is 1. The normalized spacial score (nSPS) is 17.2. The Kier molecular flexibility index (Phi) is 9.24. The molecule has 1 aliphatic rings. The number of nitrogens with one attached hydrogen (secondary N) is 1. The predicted octanol–water partition coefficient (Wildman–Crippen LogP) is 2.50. The highest BCUT2D eigenvalue weighted by atomic mass is 127. The average Bonchev–Trinajstić information content (AvgIpc) is 2.42. The van der Waals surface area contributed by atoms with Gasteiger partial charge >= 0.3 is 5.97 Å². The molecule has 1 N–H and O–H groups in total. The van der Waals surface area contributed by atoms with E-state index in [1.54, 1.807) is 0 Å². The van der Waals surface area contributed by atoms with Gasteiger partial charge in [0, 0.05) is 26.7 Å². The number of carbonyl (C=O) groups is 1. The van der Waals surface area contributed by atoms with Gasteiger partial charge in [0.2, 0.25) is 0 Å². The number of ether oxygens (including phenoxy) is 1. The molecule has 0 bridgehead atoms. The van der Waals surface area contributed by atoms with Crippen molar-refractivity contribution >= 4 is 35.9 Å². The Hall–Kier alpha value is -0.530. The quantitative estimate of drug-likeness (QED) is 0.336. The third-order valence-electron chi connectivity index (χ3n) is 3.70. The molecule has 124 valence electrons. The molecule has 0 aromatic rings. The first-order chi connectivity index (χ1) is 9.37. The van der Waals surface area contributed by atoms with Crippen LogP contribution in [0, 0.1) is 11.3 Å². The lowest BCUT2D eigenvalue weighted by Crippen LogP contribution is -2.47. The van der Waals surface area contributed by atoms with E-state index in [-0.39, 0.29) is 35.9 Å². The van der Waals surface area contributed by atoms with Gasteiger partial charge in [0.1, 0.15) is 0 Å². The summed E-state index contributed by atoms with van der Waals surface area (Å²) < 4.78 is 4.81. The molecule has 1 saturated heterocycles. The molecule has 0 spiro atoms. The molecule has 5 nitrogen and oxygen atoms in total. The largest absolute Gasteiger partial charge is 0.469 e. The third-order valence-corrected chi connectivity index (χ3v) is 3.70. The summed E-state index contributed by atoms with van der Waals surface area (Å²) in [6.07, 6.45) is 2.78. The Balaban J connectivity index is 0.00000400. The zero-order valence-corrected chi connectivity index (χ0v) is 16.3. The van der Waals surface area contributed by atoms with Crippen LogP contribution in [0.2, 0.25) is 0 Å². The van der Waals surface area contributed by atoms with Gasteiger partial charge in [-0.15, -0.1) is 24.0 Å². The van der Waals surface area contributed by atoms with Crippen LogP contribution in [-0.2, 0) is 9.53 Å². The lowest BCUT2D eigenvalue weighted by molar-refractivity contribution is -0.146. The highest BCUT2D eigenvalue weighted by Gasteiger charge is 2.26. The van der Waals surface area contributed by atoms with Crippen molar-refractivity contribution in [2.75, 3.05) is 33.8 Å². The molecule has 0 radical (unpaired) electrons. The second kappa shape index (κ2) is 9.48. The van der Waals surface area contributed by atoms with Crippen LogP contribution in [0.5, 0.6) is 0 Å². The molecule has 0 saturated carbocycles. The van der Waals surface area contributed by atoms with Crippen LogP contribution in [0.4, 0.5) is 0 Å². The van der Waals surface area contributed by atoms with E-state index in [2.05, 4.69) is 36.0 Å². The predicted molar refractivity (Wildman–Crippen MR) is 97.2 cm³/mol. The van der Waals surface area contributed by atoms with Gasteiger partial charge in [-0.05, 0) is 24.7 Å². The van der Waals surface area contributed by atoms with Crippen molar-refractivity contribution in [3.63, 3.8) is 0 Å². The van der Waals surface area contributed by atoms with Crippen molar-refractivity contribution in [2.45, 2.75) is 40.0 Å². The van der Waals surface area contributed by atoms with Crippen LogP contribution in [0.3, 0.4) is 0 Å². The van der Waals surface area contributed by atoms with Gasteiger partial charge < -0.3 is 15.0 Å². The van der Waals surface area contributed by atoms with Crippen molar-refractivity contribution in [3.8, 4) is 0 Å². The van der Waals surface area contributed by atoms with E-state index in [0.717, 1.165) is 44.9 Å². The lowest BCUT2D eigenvalue weighted by Gasteiger charge is -2.33. The van der Waals surface area contributed by atoms with Crippen LogP contribution in [-0.4, -0.2) is 50.6 Å². The zero-order valence-electron chi connectivity index (χ0n) is 13.9. The third kappa shape index (κ3) is 7.33. The summed E-state index contributed by atoms with van der Waals surface area (Å²) in [5, 5.41) is 3.41. The number of aliphatic imine (C=N–C) groups is 1. The molecule has 0 atom stereocenters. The van der Waals surface area contributed by atoms with Crippen LogP contribution >= 0.6 is 24.0 Å². The average molecular weight is 411 g/mol. The summed E-state index contributed by atoms with van der Waals surface area (Å²) in [4.78, 5) is 18.1. The Bertz CT molecular complexity index is 345. The zero-order chi connectivity index (χ0) is 15.2. The van der Waals surface area contributed by atoms with E-state index in [1.165, 1.54) is 7.11 Å². The van der Waals surface area contributed by atoms with Gasteiger partial charge in [0.05, 0.1) is 13.0 Å². The maximum Gasteiger partial charge on any atom is 0.308 e. The highest BCUT2D eigenvalue weighted by Crippen LogP contribution is 2.19. The fraction of sp³-hybridized carbons (Fsp3) is 0.867. The number of rotatable bonds is 3. The first-order valence-corrected chi connectivity index (χ1v) is 7.41. The smallest absolute Gasteiger partial charge is 0.308 e. The molecule has 1 fully saturated rings. The van der Waals surface area contributed by atoms with Gasteiger partial charge in [0.15, 0.2) is 5.96 Å². The number of hydrogen-bond donors (Lipinski definition) is 1. The Morgan fingerprint density at radius 3 is 2.33 bits per heavy atom. The topological polar surface area (TPSA) is 53.9 Å². The van der Waals surface area contributed by atoms with Gasteiger partial charge in [-0.2, -0.15) is 0 Å². The van der Waals surface area contributed by atoms with E-state index in [4.69, 9.17) is 4.74 Å². The molecule has 1 heterocycles. The number of piperidine rings is 1. The summed E-state index contributed by atoms with van der Waals surface area (Å²) in [5.74, 6) is 0.904. The second-order valence-corrected chi connectivity index (χ2v) is 6.57. The molecule has 0 aromatic carbocycles.